The molecule has 0 radical (unpaired) electrons. The summed E-state index contributed by atoms with van der Waals surface area (Å²) >= 11 is 12.0. The molecule has 6 nitrogen and oxygen atoms in total. The minimum atomic E-state index is -4.11. The summed E-state index contributed by atoms with van der Waals surface area (Å²) in [5, 5.41) is 3.48. The fourth-order valence-corrected chi connectivity index (χ4v) is 5.00. The highest BCUT2D eigenvalue weighted by molar-refractivity contribution is 7.92. The van der Waals surface area contributed by atoms with E-state index < -0.39 is 22.5 Å². The van der Waals surface area contributed by atoms with Crippen molar-refractivity contribution >= 4 is 50.5 Å². The van der Waals surface area contributed by atoms with Crippen LogP contribution in [-0.2, 0) is 14.8 Å². The molecule has 0 aromatic heterocycles. The number of hydrogen-bond donors (Lipinski definition) is 1. The molecule has 1 N–H and O–H groups in total. The Labute approximate surface area is 213 Å². The van der Waals surface area contributed by atoms with Crippen LogP contribution in [0.2, 0.25) is 10.0 Å². The summed E-state index contributed by atoms with van der Waals surface area (Å²) in [6, 6.07) is 28.0. The molecule has 0 atom stereocenters. The molecule has 0 aliphatic heterocycles. The number of hydrogen-bond acceptors (Lipinski definition) is 4. The van der Waals surface area contributed by atoms with E-state index in [1.165, 1.54) is 30.3 Å². The standard InChI is InChI=1S/C26H20Cl2N2O4S/c27-19-13-15-23(16-14-19)35(32,33)30(21-8-6-7-20(28)17-21)18-26(31)29-24-11-4-5-12-25(24)34-22-9-2-1-3-10-22/h1-17H,18H2,(H,29,31). The van der Waals surface area contributed by atoms with E-state index in [-0.39, 0.29) is 10.6 Å². The van der Waals surface area contributed by atoms with E-state index in [4.69, 9.17) is 27.9 Å². The number of ether oxygens (including phenoxy) is 1. The van der Waals surface area contributed by atoms with Gasteiger partial charge in [0.1, 0.15) is 12.3 Å². The number of amides is 1. The van der Waals surface area contributed by atoms with Gasteiger partial charge in [-0.15, -0.1) is 0 Å². The first kappa shape index (κ1) is 24.6. The van der Waals surface area contributed by atoms with E-state index in [1.807, 2.05) is 18.2 Å². The molecule has 0 aliphatic carbocycles. The minimum Gasteiger partial charge on any atom is -0.455 e. The maximum atomic E-state index is 13.5. The summed E-state index contributed by atoms with van der Waals surface area (Å²) in [4.78, 5) is 13.1. The number of carbonyl (C=O) groups is 1. The van der Waals surface area contributed by atoms with Crippen molar-refractivity contribution in [3.63, 3.8) is 0 Å². The summed E-state index contributed by atoms with van der Waals surface area (Å²) in [5.74, 6) is 0.452. The summed E-state index contributed by atoms with van der Waals surface area (Å²) in [7, 11) is -4.11. The van der Waals surface area contributed by atoms with Crippen LogP contribution in [-0.4, -0.2) is 20.9 Å². The largest absolute Gasteiger partial charge is 0.455 e. The number of sulfonamides is 1. The van der Waals surface area contributed by atoms with Crippen LogP contribution in [0.25, 0.3) is 0 Å². The topological polar surface area (TPSA) is 75.7 Å². The van der Waals surface area contributed by atoms with Gasteiger partial charge < -0.3 is 10.1 Å². The van der Waals surface area contributed by atoms with Crippen molar-refractivity contribution in [3.05, 3.63) is 113 Å². The van der Waals surface area contributed by atoms with Crippen LogP contribution in [0.1, 0.15) is 0 Å². The lowest BCUT2D eigenvalue weighted by Crippen LogP contribution is -2.38. The Hall–Kier alpha value is -3.52. The number of halogens is 2. The van der Waals surface area contributed by atoms with Crippen LogP contribution >= 0.6 is 23.2 Å². The lowest BCUT2D eigenvalue weighted by Gasteiger charge is -2.24. The number of nitrogens with zero attached hydrogens (tertiary/aromatic N) is 1. The molecule has 0 saturated carbocycles. The molecule has 0 fully saturated rings. The number of anilines is 2. The lowest BCUT2D eigenvalue weighted by atomic mass is 10.2. The Kier molecular flexibility index (Phi) is 7.60. The Morgan fingerprint density at radius 2 is 1.49 bits per heavy atom. The third kappa shape index (κ3) is 6.14. The quantitative estimate of drug-likeness (QED) is 0.280. The molecule has 0 bridgehead atoms. The van der Waals surface area contributed by atoms with Crippen molar-refractivity contribution in [3.8, 4) is 11.5 Å². The molecular weight excluding hydrogens is 507 g/mol. The third-order valence-corrected chi connectivity index (χ3v) is 7.19. The first-order chi connectivity index (χ1) is 16.8. The van der Waals surface area contributed by atoms with Crippen molar-refractivity contribution in [1.29, 1.82) is 0 Å². The second kappa shape index (κ2) is 10.8. The minimum absolute atomic E-state index is 0.0116. The molecule has 0 saturated heterocycles. The van der Waals surface area contributed by atoms with Gasteiger partial charge in [0.2, 0.25) is 5.91 Å². The maximum Gasteiger partial charge on any atom is 0.264 e. The molecule has 35 heavy (non-hydrogen) atoms. The summed E-state index contributed by atoms with van der Waals surface area (Å²) in [5.41, 5.74) is 0.646. The number of nitrogens with one attached hydrogen (secondary N) is 1. The fraction of sp³-hybridized carbons (Fsp3) is 0.0385. The molecule has 178 valence electrons. The lowest BCUT2D eigenvalue weighted by molar-refractivity contribution is -0.114. The van der Waals surface area contributed by atoms with E-state index in [0.29, 0.717) is 27.2 Å². The van der Waals surface area contributed by atoms with Crippen LogP contribution < -0.4 is 14.4 Å². The zero-order valence-electron chi connectivity index (χ0n) is 18.3. The predicted molar refractivity (Wildman–Crippen MR) is 139 cm³/mol. The van der Waals surface area contributed by atoms with Gasteiger partial charge in [-0.2, -0.15) is 0 Å². The van der Waals surface area contributed by atoms with Crippen molar-refractivity contribution in [2.24, 2.45) is 0 Å². The molecule has 0 aliphatic rings. The van der Waals surface area contributed by atoms with Crippen molar-refractivity contribution in [2.45, 2.75) is 4.90 Å². The van der Waals surface area contributed by atoms with Crippen LogP contribution in [0.5, 0.6) is 11.5 Å². The Bertz CT molecular complexity index is 1430. The van der Waals surface area contributed by atoms with Gasteiger partial charge in [0, 0.05) is 10.0 Å². The zero-order chi connectivity index (χ0) is 24.8. The van der Waals surface area contributed by atoms with E-state index in [2.05, 4.69) is 5.32 Å². The van der Waals surface area contributed by atoms with Gasteiger partial charge in [-0.3, -0.25) is 9.10 Å². The average Bonchev–Trinajstić information content (AvgIpc) is 2.84. The number of para-hydroxylation sites is 3. The molecule has 0 heterocycles. The van der Waals surface area contributed by atoms with Gasteiger partial charge in [0.05, 0.1) is 16.3 Å². The van der Waals surface area contributed by atoms with Crippen LogP contribution in [0.15, 0.2) is 108 Å². The van der Waals surface area contributed by atoms with Gasteiger partial charge in [-0.05, 0) is 66.7 Å². The van der Waals surface area contributed by atoms with Gasteiger partial charge in [0.25, 0.3) is 10.0 Å². The number of benzene rings is 4. The number of carbonyl (C=O) groups excluding carboxylic acids is 1. The van der Waals surface area contributed by atoms with Crippen molar-refractivity contribution in [2.75, 3.05) is 16.2 Å². The monoisotopic (exact) mass is 526 g/mol. The first-order valence-corrected chi connectivity index (χ1v) is 12.7. The van der Waals surface area contributed by atoms with Crippen molar-refractivity contribution < 1.29 is 17.9 Å². The van der Waals surface area contributed by atoms with E-state index in [9.17, 15) is 13.2 Å². The Morgan fingerprint density at radius 3 is 2.20 bits per heavy atom. The predicted octanol–water partition coefficient (Wildman–Crippen LogP) is 6.62. The highest BCUT2D eigenvalue weighted by Crippen LogP contribution is 2.30. The highest BCUT2D eigenvalue weighted by atomic mass is 35.5. The smallest absolute Gasteiger partial charge is 0.264 e. The Morgan fingerprint density at radius 1 is 0.800 bits per heavy atom. The van der Waals surface area contributed by atoms with Crippen molar-refractivity contribution in [1.82, 2.24) is 0 Å². The highest BCUT2D eigenvalue weighted by Gasteiger charge is 2.27. The molecular formula is C26H20Cl2N2O4S. The van der Waals surface area contributed by atoms with Gasteiger partial charge in [-0.25, -0.2) is 8.42 Å². The van der Waals surface area contributed by atoms with E-state index in [1.54, 1.807) is 54.6 Å². The number of rotatable bonds is 8. The molecule has 4 aromatic rings. The first-order valence-electron chi connectivity index (χ1n) is 10.5. The van der Waals surface area contributed by atoms with Crippen LogP contribution in [0.4, 0.5) is 11.4 Å². The molecule has 1 amide bonds. The maximum absolute atomic E-state index is 13.5. The summed E-state index contributed by atoms with van der Waals surface area (Å²) in [6.45, 7) is -0.495. The SMILES string of the molecule is O=C(CN(c1cccc(Cl)c1)S(=O)(=O)c1ccc(Cl)cc1)Nc1ccccc1Oc1ccccc1. The zero-order valence-corrected chi connectivity index (χ0v) is 20.6. The van der Waals surface area contributed by atoms with Crippen LogP contribution in [0.3, 0.4) is 0 Å². The molecule has 4 rings (SSSR count). The second-order valence-corrected chi connectivity index (χ2v) is 10.1. The third-order valence-electron chi connectivity index (χ3n) is 4.92. The van der Waals surface area contributed by atoms with Gasteiger partial charge in [-0.1, -0.05) is 59.6 Å². The van der Waals surface area contributed by atoms with Gasteiger partial charge in [0.15, 0.2) is 5.75 Å². The summed E-state index contributed by atoms with van der Waals surface area (Å²) < 4.78 is 33.9. The molecule has 9 heteroatoms. The Balaban J connectivity index is 1.62. The fourth-order valence-electron chi connectivity index (χ4n) is 3.27. The van der Waals surface area contributed by atoms with E-state index in [0.717, 1.165) is 4.31 Å². The van der Waals surface area contributed by atoms with E-state index >= 15 is 0 Å². The van der Waals surface area contributed by atoms with Gasteiger partial charge >= 0.3 is 0 Å². The van der Waals surface area contributed by atoms with Crippen LogP contribution in [0, 0.1) is 0 Å². The molecule has 0 unspecified atom stereocenters. The second-order valence-electron chi connectivity index (χ2n) is 7.40. The summed E-state index contributed by atoms with van der Waals surface area (Å²) in [6.07, 6.45) is 0. The molecule has 4 aromatic carbocycles. The average molecular weight is 527 g/mol. The normalized spacial score (nSPS) is 11.0. The molecule has 0 spiro atoms.